The smallest absolute Gasteiger partial charge is 0.354 e. The topological polar surface area (TPSA) is 86.4 Å². The van der Waals surface area contributed by atoms with Gasteiger partial charge in [-0.2, -0.15) is 9.40 Å². The van der Waals surface area contributed by atoms with Crippen LogP contribution in [0.3, 0.4) is 0 Å². The first-order chi connectivity index (χ1) is 11.5. The first-order valence-electron chi connectivity index (χ1n) is 7.84. The average molecular weight is 350 g/mol. The Balaban J connectivity index is 1.75. The van der Waals surface area contributed by atoms with Crippen LogP contribution in [-0.2, 0) is 40.8 Å². The lowest BCUT2D eigenvalue weighted by Crippen LogP contribution is -2.38. The first kappa shape index (κ1) is 15.4. The summed E-state index contributed by atoms with van der Waals surface area (Å²) < 4.78 is 36.1. The summed E-state index contributed by atoms with van der Waals surface area (Å²) in [6.45, 7) is 1.83. The van der Waals surface area contributed by atoms with Crippen LogP contribution in [0.4, 0.5) is 0 Å². The van der Waals surface area contributed by atoms with E-state index in [-0.39, 0.29) is 4.90 Å². The number of methoxy groups -OCH3 is 1. The molecule has 24 heavy (non-hydrogen) atoms. The van der Waals surface area contributed by atoms with Crippen LogP contribution in [-0.4, -0.2) is 46.7 Å². The van der Waals surface area contributed by atoms with Crippen LogP contribution in [0.25, 0.3) is 0 Å². The number of nitrogens with zero attached hydrogens (tertiary/aromatic N) is 4. The molecule has 2 aliphatic rings. The van der Waals surface area contributed by atoms with Crippen molar-refractivity contribution >= 4 is 16.0 Å². The molecule has 2 aromatic rings. The minimum atomic E-state index is -3.67. The Labute approximate surface area is 139 Å². The molecule has 0 aliphatic carbocycles. The molecule has 0 fully saturated rings. The molecule has 0 amide bonds. The van der Waals surface area contributed by atoms with E-state index < -0.39 is 16.0 Å². The quantitative estimate of drug-likeness (QED) is 0.758. The van der Waals surface area contributed by atoms with Gasteiger partial charge in [0.2, 0.25) is 10.0 Å². The third-order valence-electron chi connectivity index (χ3n) is 4.68. The van der Waals surface area contributed by atoms with Crippen LogP contribution in [0, 0.1) is 0 Å². The van der Waals surface area contributed by atoms with Gasteiger partial charge < -0.3 is 9.30 Å². The maximum Gasteiger partial charge on any atom is 0.354 e. The zero-order valence-corrected chi connectivity index (χ0v) is 14.1. The number of ether oxygens (including phenoxy) is 1. The highest BCUT2D eigenvalue weighted by atomic mass is 32.2. The fraction of sp³-hybridized carbons (Fsp3) is 0.467. The highest BCUT2D eigenvalue weighted by molar-refractivity contribution is 7.89. The summed E-state index contributed by atoms with van der Waals surface area (Å²) in [7, 11) is -2.36. The predicted molar refractivity (Wildman–Crippen MR) is 83.9 cm³/mol. The van der Waals surface area contributed by atoms with Crippen molar-refractivity contribution < 1.29 is 17.9 Å². The first-order valence-corrected chi connectivity index (χ1v) is 9.28. The van der Waals surface area contributed by atoms with Crippen LogP contribution < -0.4 is 0 Å². The van der Waals surface area contributed by atoms with E-state index >= 15 is 0 Å². The zero-order valence-electron chi connectivity index (χ0n) is 13.3. The van der Waals surface area contributed by atoms with Crippen LogP contribution in [0.5, 0.6) is 0 Å². The predicted octanol–water partition coefficient (Wildman–Crippen LogP) is 0.622. The van der Waals surface area contributed by atoms with Crippen LogP contribution in [0.1, 0.15) is 28.3 Å². The van der Waals surface area contributed by atoms with E-state index in [4.69, 9.17) is 4.74 Å². The summed E-state index contributed by atoms with van der Waals surface area (Å²) in [5.41, 5.74) is 1.88. The van der Waals surface area contributed by atoms with Crippen molar-refractivity contribution in [2.45, 2.75) is 37.4 Å². The molecule has 9 heteroatoms. The molecule has 0 unspecified atom stereocenters. The summed E-state index contributed by atoms with van der Waals surface area (Å²) in [4.78, 5) is 12.2. The third-order valence-corrected chi connectivity index (χ3v) is 6.58. The van der Waals surface area contributed by atoms with Gasteiger partial charge in [0.15, 0.2) is 0 Å². The van der Waals surface area contributed by atoms with E-state index in [0.717, 1.165) is 12.1 Å². The Kier molecular flexibility index (Phi) is 3.50. The Morgan fingerprint density at radius 2 is 2.12 bits per heavy atom. The number of hydrogen-bond donors (Lipinski definition) is 0. The number of esters is 1. The summed E-state index contributed by atoms with van der Waals surface area (Å²) in [5, 5.41) is 4.17. The van der Waals surface area contributed by atoms with Gasteiger partial charge in [-0.1, -0.05) is 0 Å². The van der Waals surface area contributed by atoms with Gasteiger partial charge in [0, 0.05) is 25.0 Å². The molecule has 0 atom stereocenters. The van der Waals surface area contributed by atoms with Crippen LogP contribution >= 0.6 is 0 Å². The van der Waals surface area contributed by atoms with Gasteiger partial charge in [0.05, 0.1) is 25.9 Å². The van der Waals surface area contributed by atoms with Crippen molar-refractivity contribution in [1.82, 2.24) is 18.7 Å². The van der Waals surface area contributed by atoms with Crippen molar-refractivity contribution in [2.75, 3.05) is 13.7 Å². The van der Waals surface area contributed by atoms with Crippen molar-refractivity contribution in [3.63, 3.8) is 0 Å². The lowest BCUT2D eigenvalue weighted by atomic mass is 10.3. The van der Waals surface area contributed by atoms with E-state index in [2.05, 4.69) is 5.10 Å². The Hall–Kier alpha value is -2.13. The molecule has 0 aromatic carbocycles. The third kappa shape index (κ3) is 2.19. The van der Waals surface area contributed by atoms with E-state index in [1.54, 1.807) is 10.8 Å². The molecule has 2 aliphatic heterocycles. The molecule has 0 bridgehead atoms. The molecule has 128 valence electrons. The van der Waals surface area contributed by atoms with Gasteiger partial charge in [-0.15, -0.1) is 0 Å². The SMILES string of the molecule is COC(=O)c1cc(S(=O)(=O)N2CCn3nccc3C2)c2n1CCC2. The lowest BCUT2D eigenvalue weighted by molar-refractivity contribution is 0.0588. The zero-order chi connectivity index (χ0) is 16.9. The minimum absolute atomic E-state index is 0.230. The molecule has 0 saturated carbocycles. The second kappa shape index (κ2) is 5.45. The van der Waals surface area contributed by atoms with Gasteiger partial charge >= 0.3 is 5.97 Å². The number of sulfonamides is 1. The average Bonchev–Trinajstić information content (AvgIpc) is 3.28. The summed E-state index contributed by atoms with van der Waals surface area (Å²) in [6, 6.07) is 3.29. The number of fused-ring (bicyclic) bond motifs is 2. The standard InChI is InChI=1S/C15H18N4O4S/c1-23-15(20)13-9-14(12-3-2-6-18(12)13)24(21,22)17-7-8-19-11(10-17)4-5-16-19/h4-5,9H,2-3,6-8,10H2,1H3. The molecule has 4 heterocycles. The molecule has 2 aromatic heterocycles. The molecule has 0 radical (unpaired) electrons. The lowest BCUT2D eigenvalue weighted by Gasteiger charge is -2.27. The van der Waals surface area contributed by atoms with Crippen LogP contribution in [0.15, 0.2) is 23.2 Å². The maximum absolute atomic E-state index is 13.1. The number of hydrogen-bond acceptors (Lipinski definition) is 5. The normalized spacial score (nSPS) is 17.5. The van der Waals surface area contributed by atoms with Gasteiger partial charge in [-0.25, -0.2) is 13.2 Å². The Morgan fingerprint density at radius 1 is 1.29 bits per heavy atom. The van der Waals surface area contributed by atoms with E-state index in [9.17, 15) is 13.2 Å². The number of rotatable bonds is 3. The fourth-order valence-corrected chi connectivity index (χ4v) is 5.16. The van der Waals surface area contributed by atoms with Crippen molar-refractivity contribution in [2.24, 2.45) is 0 Å². The minimum Gasteiger partial charge on any atom is -0.464 e. The number of carbonyl (C=O) groups is 1. The molecule has 4 rings (SSSR count). The van der Waals surface area contributed by atoms with Gasteiger partial charge in [0.25, 0.3) is 0 Å². The molecule has 0 saturated heterocycles. The van der Waals surface area contributed by atoms with Crippen LogP contribution in [0.2, 0.25) is 0 Å². The number of carbonyl (C=O) groups excluding carboxylic acids is 1. The highest BCUT2D eigenvalue weighted by Crippen LogP contribution is 2.31. The van der Waals surface area contributed by atoms with Gasteiger partial charge in [0.1, 0.15) is 10.6 Å². The Bertz CT molecular complexity index is 912. The molecular formula is C15H18N4O4S. The second-order valence-electron chi connectivity index (χ2n) is 5.97. The largest absolute Gasteiger partial charge is 0.464 e. The summed E-state index contributed by atoms with van der Waals surface area (Å²) >= 11 is 0. The fourth-order valence-electron chi connectivity index (χ4n) is 3.48. The highest BCUT2D eigenvalue weighted by Gasteiger charge is 2.35. The van der Waals surface area contributed by atoms with E-state index in [1.807, 2.05) is 10.7 Å². The van der Waals surface area contributed by atoms with Gasteiger partial charge in [-0.3, -0.25) is 4.68 Å². The van der Waals surface area contributed by atoms with Crippen molar-refractivity contribution in [1.29, 1.82) is 0 Å². The second-order valence-corrected chi connectivity index (χ2v) is 7.88. The summed E-state index contributed by atoms with van der Waals surface area (Å²) in [5.74, 6) is -0.503. The molecule has 0 N–H and O–H groups in total. The number of aromatic nitrogens is 3. The van der Waals surface area contributed by atoms with Gasteiger partial charge in [-0.05, 0) is 25.0 Å². The molecule has 8 nitrogen and oxygen atoms in total. The monoisotopic (exact) mass is 350 g/mol. The summed E-state index contributed by atoms with van der Waals surface area (Å²) in [6.07, 6.45) is 3.16. The molecular weight excluding hydrogens is 332 g/mol. The van der Waals surface area contributed by atoms with E-state index in [0.29, 0.717) is 44.0 Å². The van der Waals surface area contributed by atoms with Crippen molar-refractivity contribution in [3.8, 4) is 0 Å². The van der Waals surface area contributed by atoms with E-state index in [1.165, 1.54) is 17.5 Å². The maximum atomic E-state index is 13.1. The Morgan fingerprint density at radius 3 is 2.92 bits per heavy atom. The van der Waals surface area contributed by atoms with Crippen molar-refractivity contribution in [3.05, 3.63) is 35.4 Å². The molecule has 0 spiro atoms.